The molecule has 0 spiro atoms. The third kappa shape index (κ3) is 3.24. The maximum absolute atomic E-state index is 11.9. The number of carbonyl (C=O) groups is 1. The Morgan fingerprint density at radius 3 is 2.61 bits per heavy atom. The van der Waals surface area contributed by atoms with Crippen molar-refractivity contribution in [2.45, 2.75) is 19.3 Å². The Labute approximate surface area is 112 Å². The zero-order valence-corrected chi connectivity index (χ0v) is 11.0. The average molecular weight is 268 g/mol. The van der Waals surface area contributed by atoms with Crippen LogP contribution in [0.2, 0.25) is 5.02 Å². The summed E-state index contributed by atoms with van der Waals surface area (Å²) in [5.74, 6) is 0.678. The lowest BCUT2D eigenvalue weighted by Gasteiger charge is -2.17. The normalized spacial score (nSPS) is 23.0. The monoisotopic (exact) mass is 267 g/mol. The predicted octanol–water partition coefficient (Wildman–Crippen LogP) is 2.48. The van der Waals surface area contributed by atoms with Crippen molar-refractivity contribution in [2.24, 2.45) is 11.8 Å². The third-order valence-electron chi connectivity index (χ3n) is 3.68. The van der Waals surface area contributed by atoms with Gasteiger partial charge in [-0.3, -0.25) is 4.79 Å². The molecule has 2 rings (SSSR count). The maximum Gasteiger partial charge on any atom is 0.251 e. The van der Waals surface area contributed by atoms with Gasteiger partial charge in [0.05, 0.1) is 0 Å². The Balaban J connectivity index is 1.86. The molecule has 3 nitrogen and oxygen atoms in total. The highest BCUT2D eigenvalue weighted by Crippen LogP contribution is 2.30. The first-order valence-electron chi connectivity index (χ1n) is 6.35. The van der Waals surface area contributed by atoms with E-state index in [0.717, 1.165) is 19.3 Å². The van der Waals surface area contributed by atoms with Gasteiger partial charge in [0.15, 0.2) is 0 Å². The van der Waals surface area contributed by atoms with Gasteiger partial charge in [0.1, 0.15) is 0 Å². The van der Waals surface area contributed by atoms with Crippen LogP contribution in [0.5, 0.6) is 0 Å². The highest BCUT2D eigenvalue weighted by atomic mass is 35.5. The molecule has 2 N–H and O–H groups in total. The number of halogens is 1. The first kappa shape index (κ1) is 13.4. The van der Waals surface area contributed by atoms with E-state index in [2.05, 4.69) is 5.32 Å². The minimum atomic E-state index is -0.0738. The zero-order chi connectivity index (χ0) is 13.0. The first-order valence-corrected chi connectivity index (χ1v) is 6.73. The van der Waals surface area contributed by atoms with Crippen molar-refractivity contribution in [3.05, 3.63) is 34.9 Å². The van der Waals surface area contributed by atoms with Gasteiger partial charge in [-0.1, -0.05) is 18.0 Å². The molecule has 4 heteroatoms. The van der Waals surface area contributed by atoms with Gasteiger partial charge in [-0.2, -0.15) is 0 Å². The second kappa shape index (κ2) is 6.21. The standard InChI is InChI=1S/C14H18ClNO2/c15-13-6-4-10(5-7-13)14(18)16-8-11-2-1-3-12(11)9-17/h4-7,11-12,17H,1-3,8-9H2,(H,16,18). The summed E-state index contributed by atoms with van der Waals surface area (Å²) in [6.45, 7) is 0.869. The molecule has 1 aliphatic rings. The van der Waals surface area contributed by atoms with Crippen molar-refractivity contribution in [3.8, 4) is 0 Å². The molecule has 0 saturated heterocycles. The summed E-state index contributed by atoms with van der Waals surface area (Å²) < 4.78 is 0. The Bertz CT molecular complexity index is 405. The van der Waals surface area contributed by atoms with Crippen molar-refractivity contribution in [1.29, 1.82) is 0 Å². The van der Waals surface area contributed by atoms with Crippen molar-refractivity contribution >= 4 is 17.5 Å². The van der Waals surface area contributed by atoms with Crippen molar-refractivity contribution in [3.63, 3.8) is 0 Å². The van der Waals surface area contributed by atoms with Crippen molar-refractivity contribution in [1.82, 2.24) is 5.32 Å². The lowest BCUT2D eigenvalue weighted by Crippen LogP contribution is -2.31. The van der Waals surface area contributed by atoms with Crippen LogP contribution in [0.3, 0.4) is 0 Å². The van der Waals surface area contributed by atoms with Gasteiger partial charge in [0.2, 0.25) is 0 Å². The van der Waals surface area contributed by atoms with E-state index >= 15 is 0 Å². The molecule has 0 radical (unpaired) electrons. The molecule has 0 bridgehead atoms. The van der Waals surface area contributed by atoms with Gasteiger partial charge in [-0.15, -0.1) is 0 Å². The molecular weight excluding hydrogens is 250 g/mol. The fourth-order valence-corrected chi connectivity index (χ4v) is 2.68. The van der Waals surface area contributed by atoms with Gasteiger partial charge >= 0.3 is 0 Å². The van der Waals surface area contributed by atoms with E-state index in [0.29, 0.717) is 29.0 Å². The number of amides is 1. The van der Waals surface area contributed by atoms with Crippen molar-refractivity contribution in [2.75, 3.05) is 13.2 Å². The molecule has 98 valence electrons. The fourth-order valence-electron chi connectivity index (χ4n) is 2.55. The number of carbonyl (C=O) groups excluding carboxylic acids is 1. The van der Waals surface area contributed by atoms with Crippen LogP contribution in [0.25, 0.3) is 0 Å². The van der Waals surface area contributed by atoms with E-state index in [1.807, 2.05) is 0 Å². The predicted molar refractivity (Wildman–Crippen MR) is 71.7 cm³/mol. The molecule has 2 atom stereocenters. The van der Waals surface area contributed by atoms with Gasteiger partial charge in [-0.05, 0) is 48.9 Å². The third-order valence-corrected chi connectivity index (χ3v) is 3.93. The van der Waals surface area contributed by atoms with Crippen molar-refractivity contribution < 1.29 is 9.90 Å². The van der Waals surface area contributed by atoms with Crippen LogP contribution in [0.15, 0.2) is 24.3 Å². The van der Waals surface area contributed by atoms with Crippen LogP contribution >= 0.6 is 11.6 Å². The lowest BCUT2D eigenvalue weighted by molar-refractivity contribution is 0.0938. The molecule has 2 unspecified atom stereocenters. The van der Waals surface area contributed by atoms with Gasteiger partial charge in [0, 0.05) is 23.7 Å². The fraction of sp³-hybridized carbons (Fsp3) is 0.500. The average Bonchev–Trinajstić information content (AvgIpc) is 2.84. The summed E-state index contributed by atoms with van der Waals surface area (Å²) in [6, 6.07) is 6.86. The Kier molecular flexibility index (Phi) is 4.61. The molecule has 0 aromatic heterocycles. The number of aliphatic hydroxyl groups is 1. The number of rotatable bonds is 4. The molecule has 0 aliphatic heterocycles. The summed E-state index contributed by atoms with van der Waals surface area (Å²) in [5, 5.41) is 12.8. The molecule has 18 heavy (non-hydrogen) atoms. The van der Waals surface area contributed by atoms with Crippen LogP contribution in [-0.2, 0) is 0 Å². The second-order valence-electron chi connectivity index (χ2n) is 4.85. The van der Waals surface area contributed by atoms with Crippen LogP contribution in [-0.4, -0.2) is 24.2 Å². The van der Waals surface area contributed by atoms with E-state index in [9.17, 15) is 9.90 Å². The minimum absolute atomic E-state index is 0.0738. The molecule has 1 amide bonds. The van der Waals surface area contributed by atoms with Crippen LogP contribution in [0, 0.1) is 11.8 Å². The van der Waals surface area contributed by atoms with Gasteiger partial charge in [0.25, 0.3) is 5.91 Å². The van der Waals surface area contributed by atoms with Crippen LogP contribution in [0.4, 0.5) is 0 Å². The number of hydrogen-bond donors (Lipinski definition) is 2. The van der Waals surface area contributed by atoms with Gasteiger partial charge < -0.3 is 10.4 Å². The summed E-state index contributed by atoms with van der Waals surface area (Å²) >= 11 is 5.78. The molecule has 1 saturated carbocycles. The minimum Gasteiger partial charge on any atom is -0.396 e. The zero-order valence-electron chi connectivity index (χ0n) is 10.2. The Morgan fingerprint density at radius 1 is 1.28 bits per heavy atom. The quantitative estimate of drug-likeness (QED) is 0.881. The molecule has 1 aromatic carbocycles. The number of nitrogens with one attached hydrogen (secondary N) is 1. The summed E-state index contributed by atoms with van der Waals surface area (Å²) in [4.78, 5) is 11.9. The van der Waals surface area contributed by atoms with E-state index < -0.39 is 0 Å². The van der Waals surface area contributed by atoms with E-state index in [4.69, 9.17) is 11.6 Å². The highest BCUT2D eigenvalue weighted by Gasteiger charge is 2.26. The summed E-state index contributed by atoms with van der Waals surface area (Å²) in [7, 11) is 0. The summed E-state index contributed by atoms with van der Waals surface area (Å²) in [5.41, 5.74) is 0.623. The SMILES string of the molecule is O=C(NCC1CCCC1CO)c1ccc(Cl)cc1. The highest BCUT2D eigenvalue weighted by molar-refractivity contribution is 6.30. The van der Waals surface area contributed by atoms with E-state index in [1.54, 1.807) is 24.3 Å². The molecule has 1 aromatic rings. The molecule has 1 fully saturated rings. The molecule has 0 heterocycles. The number of hydrogen-bond acceptors (Lipinski definition) is 2. The Morgan fingerprint density at radius 2 is 1.94 bits per heavy atom. The molecular formula is C14H18ClNO2. The van der Waals surface area contributed by atoms with Gasteiger partial charge in [-0.25, -0.2) is 0 Å². The topological polar surface area (TPSA) is 49.3 Å². The Hall–Kier alpha value is -1.06. The molecule has 1 aliphatic carbocycles. The first-order chi connectivity index (χ1) is 8.70. The maximum atomic E-state index is 11.9. The second-order valence-corrected chi connectivity index (χ2v) is 5.29. The summed E-state index contributed by atoms with van der Waals surface area (Å²) in [6.07, 6.45) is 3.30. The van der Waals surface area contributed by atoms with E-state index in [1.165, 1.54) is 0 Å². The lowest BCUT2D eigenvalue weighted by atomic mass is 9.97. The largest absolute Gasteiger partial charge is 0.396 e. The number of benzene rings is 1. The smallest absolute Gasteiger partial charge is 0.251 e. The van der Waals surface area contributed by atoms with E-state index in [-0.39, 0.29) is 12.5 Å². The number of aliphatic hydroxyl groups excluding tert-OH is 1. The van der Waals surface area contributed by atoms with Crippen LogP contribution < -0.4 is 5.32 Å². The van der Waals surface area contributed by atoms with Crippen LogP contribution in [0.1, 0.15) is 29.6 Å².